The van der Waals surface area contributed by atoms with Crippen molar-refractivity contribution in [3.8, 4) is 0 Å². The van der Waals surface area contributed by atoms with Crippen molar-refractivity contribution in [1.29, 1.82) is 0 Å². The molecule has 0 radical (unpaired) electrons. The molecule has 1 amide bonds. The van der Waals surface area contributed by atoms with Gasteiger partial charge in [-0.1, -0.05) is 12.1 Å². The average Bonchev–Trinajstić information content (AvgIpc) is 2.37. The molecule has 1 aromatic carbocycles. The summed E-state index contributed by atoms with van der Waals surface area (Å²) in [5.41, 5.74) is -0.175. The Morgan fingerprint density at radius 2 is 1.90 bits per heavy atom. The third kappa shape index (κ3) is 3.04. The van der Waals surface area contributed by atoms with E-state index in [4.69, 9.17) is 0 Å². The Labute approximate surface area is 113 Å². The SMILES string of the molecule is O=C([O-])N1CCC(c2ccc(C(F)(F)F)cc2)C(O)C1. The normalized spacial score (nSPS) is 23.7. The minimum Gasteiger partial charge on any atom is -0.530 e. The van der Waals surface area contributed by atoms with Crippen molar-refractivity contribution >= 4 is 6.09 Å². The first kappa shape index (κ1) is 14.6. The zero-order chi connectivity index (χ0) is 14.9. The number of aliphatic hydroxyl groups is 1. The minimum atomic E-state index is -4.39. The molecule has 1 heterocycles. The Hall–Kier alpha value is -1.76. The highest BCUT2D eigenvalue weighted by molar-refractivity contribution is 5.62. The standard InChI is InChI=1S/C13H14F3NO3/c14-13(15,16)9-3-1-8(2-4-9)10-5-6-17(12(19)20)7-11(10)18/h1-4,10-11,18H,5-7H2,(H,19,20)/p-1. The summed E-state index contributed by atoms with van der Waals surface area (Å²) in [6, 6.07) is 4.58. The number of carbonyl (C=O) groups excluding carboxylic acids is 1. The van der Waals surface area contributed by atoms with Crippen LogP contribution in [0.5, 0.6) is 0 Å². The maximum atomic E-state index is 12.5. The second-order valence-electron chi connectivity index (χ2n) is 4.79. The molecule has 110 valence electrons. The van der Waals surface area contributed by atoms with E-state index < -0.39 is 23.9 Å². The highest BCUT2D eigenvalue weighted by Gasteiger charge is 2.32. The van der Waals surface area contributed by atoms with Crippen LogP contribution in [0.1, 0.15) is 23.5 Å². The van der Waals surface area contributed by atoms with Crippen LogP contribution < -0.4 is 5.11 Å². The van der Waals surface area contributed by atoms with E-state index in [2.05, 4.69) is 0 Å². The smallest absolute Gasteiger partial charge is 0.416 e. The summed E-state index contributed by atoms with van der Waals surface area (Å²) in [6.45, 7) is 0.110. The molecule has 0 aliphatic carbocycles. The summed E-state index contributed by atoms with van der Waals surface area (Å²) < 4.78 is 37.4. The highest BCUT2D eigenvalue weighted by Crippen LogP contribution is 2.33. The van der Waals surface area contributed by atoms with Crippen LogP contribution in [0.3, 0.4) is 0 Å². The van der Waals surface area contributed by atoms with Gasteiger partial charge in [-0.25, -0.2) is 0 Å². The van der Waals surface area contributed by atoms with E-state index >= 15 is 0 Å². The summed E-state index contributed by atoms with van der Waals surface area (Å²) in [5.74, 6) is -0.368. The number of alkyl halides is 3. The van der Waals surface area contributed by atoms with Gasteiger partial charge in [0, 0.05) is 19.0 Å². The Morgan fingerprint density at radius 3 is 2.35 bits per heavy atom. The van der Waals surface area contributed by atoms with Gasteiger partial charge in [0.1, 0.15) is 6.09 Å². The number of hydrogen-bond donors (Lipinski definition) is 1. The van der Waals surface area contributed by atoms with E-state index in [9.17, 15) is 28.2 Å². The molecule has 20 heavy (non-hydrogen) atoms. The number of likely N-dealkylation sites (tertiary alicyclic amines) is 1. The molecular formula is C13H13F3NO3-. The molecule has 1 aliphatic heterocycles. The summed E-state index contributed by atoms with van der Waals surface area (Å²) in [5, 5.41) is 20.6. The number of rotatable bonds is 1. The van der Waals surface area contributed by atoms with Crippen LogP contribution in [-0.4, -0.2) is 35.3 Å². The molecule has 1 aliphatic rings. The number of aliphatic hydroxyl groups excluding tert-OH is 1. The third-order valence-corrected chi connectivity index (χ3v) is 3.51. The molecule has 0 aromatic heterocycles. The molecule has 7 heteroatoms. The number of carboxylic acid groups (broad SMARTS) is 1. The number of hydrogen-bond acceptors (Lipinski definition) is 3. The summed E-state index contributed by atoms with van der Waals surface area (Å²) in [4.78, 5) is 11.7. The fourth-order valence-corrected chi connectivity index (χ4v) is 2.41. The van der Waals surface area contributed by atoms with Gasteiger partial charge in [-0.3, -0.25) is 0 Å². The predicted octanol–water partition coefficient (Wildman–Crippen LogP) is 1.20. The lowest BCUT2D eigenvalue weighted by molar-refractivity contribution is -0.268. The molecule has 2 atom stereocenters. The number of β-amino-alcohol motifs (C(OH)–C–C–N with tert-alkyl or cyclic N) is 1. The highest BCUT2D eigenvalue weighted by atomic mass is 19.4. The number of nitrogens with zero attached hydrogens (tertiary/aromatic N) is 1. The van der Waals surface area contributed by atoms with Crippen LogP contribution in [0, 0.1) is 0 Å². The van der Waals surface area contributed by atoms with Gasteiger partial charge in [0.15, 0.2) is 0 Å². The Kier molecular flexibility index (Phi) is 3.89. The molecule has 2 unspecified atom stereocenters. The molecule has 0 bridgehead atoms. The molecule has 2 rings (SSSR count). The van der Waals surface area contributed by atoms with Crippen LogP contribution in [0.4, 0.5) is 18.0 Å². The lowest BCUT2D eigenvalue weighted by Gasteiger charge is -2.37. The van der Waals surface area contributed by atoms with Crippen molar-refractivity contribution in [3.63, 3.8) is 0 Å². The topological polar surface area (TPSA) is 63.6 Å². The van der Waals surface area contributed by atoms with E-state index in [1.54, 1.807) is 0 Å². The number of carbonyl (C=O) groups is 1. The van der Waals surface area contributed by atoms with E-state index in [0.29, 0.717) is 12.0 Å². The molecular weight excluding hydrogens is 275 g/mol. The largest absolute Gasteiger partial charge is 0.530 e. The van der Waals surface area contributed by atoms with Gasteiger partial charge in [-0.2, -0.15) is 13.2 Å². The van der Waals surface area contributed by atoms with E-state index in [1.165, 1.54) is 12.1 Å². The Bertz CT molecular complexity index is 487. The van der Waals surface area contributed by atoms with Crippen LogP contribution in [0.25, 0.3) is 0 Å². The fraction of sp³-hybridized carbons (Fsp3) is 0.462. The van der Waals surface area contributed by atoms with Crippen LogP contribution >= 0.6 is 0 Å². The second kappa shape index (κ2) is 5.32. The third-order valence-electron chi connectivity index (χ3n) is 3.51. The van der Waals surface area contributed by atoms with Crippen LogP contribution in [-0.2, 0) is 6.18 Å². The first-order chi connectivity index (χ1) is 9.29. The number of amides is 1. The lowest BCUT2D eigenvalue weighted by atomic mass is 9.87. The van der Waals surface area contributed by atoms with Crippen molar-refractivity contribution in [1.82, 2.24) is 4.90 Å². The first-order valence-electron chi connectivity index (χ1n) is 6.10. The minimum absolute atomic E-state index is 0.0893. The lowest BCUT2D eigenvalue weighted by Crippen LogP contribution is -2.50. The number of halogens is 3. The van der Waals surface area contributed by atoms with Gasteiger partial charge < -0.3 is 19.9 Å². The average molecular weight is 288 g/mol. The van der Waals surface area contributed by atoms with Gasteiger partial charge in [-0.15, -0.1) is 0 Å². The summed E-state index contributed by atoms with van der Waals surface area (Å²) >= 11 is 0. The number of benzene rings is 1. The van der Waals surface area contributed by atoms with Crippen LogP contribution in [0.15, 0.2) is 24.3 Å². The zero-order valence-corrected chi connectivity index (χ0v) is 10.4. The van der Waals surface area contributed by atoms with E-state index in [-0.39, 0.29) is 19.0 Å². The van der Waals surface area contributed by atoms with Crippen LogP contribution in [0.2, 0.25) is 0 Å². The maximum Gasteiger partial charge on any atom is 0.416 e. The summed E-state index contributed by atoms with van der Waals surface area (Å²) in [6.07, 6.45) is -6.34. The van der Waals surface area contributed by atoms with Crippen molar-refractivity contribution in [2.45, 2.75) is 24.6 Å². The quantitative estimate of drug-likeness (QED) is 0.844. The molecule has 0 spiro atoms. The monoisotopic (exact) mass is 288 g/mol. The maximum absolute atomic E-state index is 12.5. The Balaban J connectivity index is 2.11. The first-order valence-corrected chi connectivity index (χ1v) is 6.10. The van der Waals surface area contributed by atoms with Gasteiger partial charge in [0.2, 0.25) is 0 Å². The van der Waals surface area contributed by atoms with Crippen molar-refractivity contribution in [2.24, 2.45) is 0 Å². The van der Waals surface area contributed by atoms with Gasteiger partial charge in [0.25, 0.3) is 0 Å². The number of piperidine rings is 1. The molecule has 1 saturated heterocycles. The molecule has 0 saturated carbocycles. The van der Waals surface area contributed by atoms with Crippen molar-refractivity contribution in [2.75, 3.05) is 13.1 Å². The molecule has 1 N–H and O–H groups in total. The molecule has 1 fully saturated rings. The zero-order valence-electron chi connectivity index (χ0n) is 10.4. The molecule has 4 nitrogen and oxygen atoms in total. The van der Waals surface area contributed by atoms with Gasteiger partial charge in [0.05, 0.1) is 11.7 Å². The molecule has 1 aromatic rings. The second-order valence-corrected chi connectivity index (χ2v) is 4.79. The van der Waals surface area contributed by atoms with Crippen molar-refractivity contribution in [3.05, 3.63) is 35.4 Å². The van der Waals surface area contributed by atoms with Gasteiger partial charge in [-0.05, 0) is 24.1 Å². The summed E-state index contributed by atoms with van der Waals surface area (Å²) in [7, 11) is 0. The van der Waals surface area contributed by atoms with Gasteiger partial charge >= 0.3 is 6.18 Å². The Morgan fingerprint density at radius 1 is 1.30 bits per heavy atom. The van der Waals surface area contributed by atoms with Crippen molar-refractivity contribution < 1.29 is 28.2 Å². The van der Waals surface area contributed by atoms with E-state index in [0.717, 1.165) is 17.0 Å². The predicted molar refractivity (Wildman–Crippen MR) is 61.8 cm³/mol. The van der Waals surface area contributed by atoms with E-state index in [1.807, 2.05) is 0 Å². The fourth-order valence-electron chi connectivity index (χ4n) is 2.41.